The van der Waals surface area contributed by atoms with Crippen molar-refractivity contribution in [1.82, 2.24) is 24.5 Å². The predicted molar refractivity (Wildman–Crippen MR) is 145 cm³/mol. The van der Waals surface area contributed by atoms with Crippen LogP contribution in [0.3, 0.4) is 0 Å². The molecular weight excluding hydrogens is 526 g/mol. The summed E-state index contributed by atoms with van der Waals surface area (Å²) in [5.74, 6) is -0.621. The molecule has 0 saturated heterocycles. The molecule has 0 radical (unpaired) electrons. The normalized spacial score (nSPS) is 11.9. The predicted octanol–water partition coefficient (Wildman–Crippen LogP) is 4.83. The summed E-state index contributed by atoms with van der Waals surface area (Å²) >= 11 is 0. The number of anilines is 1. The minimum absolute atomic E-state index is 0.113. The molecule has 0 aliphatic heterocycles. The van der Waals surface area contributed by atoms with E-state index < -0.39 is 21.7 Å². The first-order valence-corrected chi connectivity index (χ1v) is 13.7. The van der Waals surface area contributed by atoms with Gasteiger partial charge in [0.1, 0.15) is 11.5 Å². The van der Waals surface area contributed by atoms with Gasteiger partial charge in [0.05, 0.1) is 23.2 Å². The van der Waals surface area contributed by atoms with Gasteiger partial charge in [0.25, 0.3) is 0 Å². The Morgan fingerprint density at radius 1 is 1.05 bits per heavy atom. The third kappa shape index (κ3) is 6.76. The molecule has 39 heavy (non-hydrogen) atoms. The maximum atomic E-state index is 14.1. The summed E-state index contributed by atoms with van der Waals surface area (Å²) in [6.45, 7) is 6.59. The number of halogens is 2. The Morgan fingerprint density at radius 2 is 1.85 bits per heavy atom. The van der Waals surface area contributed by atoms with Gasteiger partial charge in [-0.15, -0.1) is 0 Å². The van der Waals surface area contributed by atoms with Crippen LogP contribution in [0.15, 0.2) is 65.8 Å². The Bertz CT molecular complexity index is 1570. The van der Waals surface area contributed by atoms with Gasteiger partial charge in [-0.2, -0.15) is 5.10 Å². The highest BCUT2D eigenvalue weighted by atomic mass is 32.2. The lowest BCUT2D eigenvalue weighted by atomic mass is 10.1. The van der Waals surface area contributed by atoms with Gasteiger partial charge in [0.15, 0.2) is 11.6 Å². The van der Waals surface area contributed by atoms with E-state index in [4.69, 9.17) is 9.84 Å². The Kier molecular flexibility index (Phi) is 8.26. The van der Waals surface area contributed by atoms with E-state index in [0.717, 1.165) is 11.6 Å². The zero-order chi connectivity index (χ0) is 28.2. The van der Waals surface area contributed by atoms with Crippen LogP contribution in [-0.2, 0) is 15.6 Å². The molecule has 12 heteroatoms. The van der Waals surface area contributed by atoms with E-state index in [-0.39, 0.29) is 22.7 Å². The number of nitrogens with zero attached hydrogens (tertiary/aromatic N) is 4. The van der Waals surface area contributed by atoms with Crippen molar-refractivity contribution < 1.29 is 21.9 Å². The van der Waals surface area contributed by atoms with Gasteiger partial charge in [-0.1, -0.05) is 6.07 Å². The third-order valence-electron chi connectivity index (χ3n) is 5.79. The molecule has 0 aliphatic rings. The highest BCUT2D eigenvalue weighted by Crippen LogP contribution is 2.34. The highest BCUT2D eigenvalue weighted by molar-refractivity contribution is 7.89. The zero-order valence-corrected chi connectivity index (χ0v) is 22.9. The lowest BCUT2D eigenvalue weighted by molar-refractivity contribution is 0.356. The minimum atomic E-state index is -3.81. The summed E-state index contributed by atoms with van der Waals surface area (Å²) < 4.78 is 61.6. The number of ether oxygens (including phenoxy) is 1. The summed E-state index contributed by atoms with van der Waals surface area (Å²) in [4.78, 5) is 8.77. The fourth-order valence-corrected chi connectivity index (χ4v) is 4.84. The second kappa shape index (κ2) is 11.5. The number of rotatable bonds is 10. The van der Waals surface area contributed by atoms with E-state index in [9.17, 15) is 17.2 Å². The van der Waals surface area contributed by atoms with E-state index in [2.05, 4.69) is 20.0 Å². The van der Waals surface area contributed by atoms with Crippen LogP contribution in [0.4, 0.5) is 14.7 Å². The SMILES string of the molecule is COc1cc(-c2nn(C(C)(C)C)cc2-c2ccnc(NCCCNS(=O)(=O)c3cccc(F)c3)n2)ccc1F. The van der Waals surface area contributed by atoms with Crippen molar-refractivity contribution in [2.75, 3.05) is 25.5 Å². The third-order valence-corrected chi connectivity index (χ3v) is 7.25. The fraction of sp³-hybridized carbons (Fsp3) is 0.296. The Balaban J connectivity index is 1.49. The van der Waals surface area contributed by atoms with Crippen LogP contribution < -0.4 is 14.8 Å². The van der Waals surface area contributed by atoms with Crippen molar-refractivity contribution in [3.05, 3.63) is 72.6 Å². The van der Waals surface area contributed by atoms with Crippen molar-refractivity contribution in [2.45, 2.75) is 37.6 Å². The topological polar surface area (TPSA) is 111 Å². The van der Waals surface area contributed by atoms with Crippen LogP contribution >= 0.6 is 0 Å². The summed E-state index contributed by atoms with van der Waals surface area (Å²) in [6, 6.07) is 11.2. The molecule has 0 unspecified atom stereocenters. The van der Waals surface area contributed by atoms with Gasteiger partial charge in [-0.25, -0.2) is 31.9 Å². The number of hydrogen-bond acceptors (Lipinski definition) is 7. The molecule has 0 saturated carbocycles. The van der Waals surface area contributed by atoms with Gasteiger partial charge < -0.3 is 10.1 Å². The van der Waals surface area contributed by atoms with E-state index >= 15 is 0 Å². The summed E-state index contributed by atoms with van der Waals surface area (Å²) in [6.07, 6.45) is 3.93. The summed E-state index contributed by atoms with van der Waals surface area (Å²) in [5.41, 5.74) is 2.30. The van der Waals surface area contributed by atoms with E-state index in [1.54, 1.807) is 24.4 Å². The van der Waals surface area contributed by atoms with Crippen LogP contribution in [-0.4, -0.2) is 48.4 Å². The molecule has 9 nitrogen and oxygen atoms in total. The molecular formula is C27H30F2N6O3S. The van der Waals surface area contributed by atoms with E-state index in [1.807, 2.05) is 31.6 Å². The zero-order valence-electron chi connectivity index (χ0n) is 22.1. The lowest BCUT2D eigenvalue weighted by Gasteiger charge is -2.18. The maximum absolute atomic E-state index is 14.1. The first-order valence-electron chi connectivity index (χ1n) is 12.2. The molecule has 2 heterocycles. The van der Waals surface area contributed by atoms with Gasteiger partial charge >= 0.3 is 0 Å². The summed E-state index contributed by atoms with van der Waals surface area (Å²) in [7, 11) is -2.40. The Hall–Kier alpha value is -3.90. The van der Waals surface area contributed by atoms with Gasteiger partial charge in [-0.05, 0) is 69.7 Å². The van der Waals surface area contributed by atoms with Crippen molar-refractivity contribution in [2.24, 2.45) is 0 Å². The maximum Gasteiger partial charge on any atom is 0.240 e. The molecule has 0 fully saturated rings. The molecule has 0 atom stereocenters. The Morgan fingerprint density at radius 3 is 2.56 bits per heavy atom. The second-order valence-corrected chi connectivity index (χ2v) is 11.5. The molecule has 206 valence electrons. The lowest BCUT2D eigenvalue weighted by Crippen LogP contribution is -2.26. The standard InChI is InChI=1S/C27H30F2N6O3S/c1-27(2,3)35-17-21(25(34-35)18-9-10-22(29)24(15-18)38-4)23-11-14-31-26(33-23)30-12-6-13-32-39(36,37)20-8-5-7-19(28)16-20/h5,7-11,14-17,32H,6,12-13H2,1-4H3,(H,30,31,33). The molecule has 4 rings (SSSR count). The minimum Gasteiger partial charge on any atom is -0.494 e. The first kappa shape index (κ1) is 28.1. The van der Waals surface area contributed by atoms with Crippen molar-refractivity contribution in [3.63, 3.8) is 0 Å². The van der Waals surface area contributed by atoms with Crippen LogP contribution in [0.25, 0.3) is 22.5 Å². The molecule has 0 bridgehead atoms. The molecule has 0 aliphatic carbocycles. The van der Waals surface area contributed by atoms with Gasteiger partial charge in [-0.3, -0.25) is 4.68 Å². The molecule has 4 aromatic rings. The highest BCUT2D eigenvalue weighted by Gasteiger charge is 2.22. The van der Waals surface area contributed by atoms with Gasteiger partial charge in [0, 0.05) is 36.6 Å². The second-order valence-electron chi connectivity index (χ2n) is 9.76. The largest absolute Gasteiger partial charge is 0.494 e. The molecule has 0 spiro atoms. The average molecular weight is 557 g/mol. The van der Waals surface area contributed by atoms with Gasteiger partial charge in [0.2, 0.25) is 16.0 Å². The quantitative estimate of drug-likeness (QED) is 0.269. The molecule has 2 N–H and O–H groups in total. The first-order chi connectivity index (χ1) is 18.5. The molecule has 2 aromatic heterocycles. The van der Waals surface area contributed by atoms with Crippen LogP contribution in [0.1, 0.15) is 27.2 Å². The summed E-state index contributed by atoms with van der Waals surface area (Å²) in [5, 5.41) is 7.87. The number of hydrogen-bond donors (Lipinski definition) is 2. The molecule has 0 amide bonds. The Labute approximate surface area is 226 Å². The monoisotopic (exact) mass is 556 g/mol. The van der Waals surface area contributed by atoms with Crippen molar-refractivity contribution in [3.8, 4) is 28.3 Å². The van der Waals surface area contributed by atoms with Crippen molar-refractivity contribution >= 4 is 16.0 Å². The fourth-order valence-electron chi connectivity index (χ4n) is 3.73. The van der Waals surface area contributed by atoms with E-state index in [0.29, 0.717) is 35.9 Å². The number of aromatic nitrogens is 4. The smallest absolute Gasteiger partial charge is 0.240 e. The number of methoxy groups -OCH3 is 1. The number of benzene rings is 2. The average Bonchev–Trinajstić information content (AvgIpc) is 3.35. The molecule has 2 aromatic carbocycles. The number of nitrogens with one attached hydrogen (secondary N) is 2. The number of sulfonamides is 1. The van der Waals surface area contributed by atoms with E-state index in [1.165, 1.54) is 31.4 Å². The van der Waals surface area contributed by atoms with Crippen LogP contribution in [0.2, 0.25) is 0 Å². The van der Waals surface area contributed by atoms with Crippen LogP contribution in [0, 0.1) is 11.6 Å². The van der Waals surface area contributed by atoms with Crippen LogP contribution in [0.5, 0.6) is 5.75 Å². The van der Waals surface area contributed by atoms with Crippen molar-refractivity contribution in [1.29, 1.82) is 0 Å².